The number of nitrogens with two attached hydrogens (primary N) is 1. The normalized spacial score (nSPS) is 12.0. The zero-order valence-corrected chi connectivity index (χ0v) is 24.8. The molecule has 0 saturated heterocycles. The summed E-state index contributed by atoms with van der Waals surface area (Å²) in [6, 6.07) is 20.6. The number of carbonyl (C=O) groups excluding carboxylic acids is 3. The van der Waals surface area contributed by atoms with Crippen LogP contribution < -0.4 is 27.0 Å². The highest BCUT2D eigenvalue weighted by atomic mass is 16.4. The SMILES string of the molecule is NC(=O)NCCCC[C@H](NC(=O)CCCCCNc1ccccn1)C(=O)NC(CC(=O)O)c1ccc(-c2ccccc2)cc1. The van der Waals surface area contributed by atoms with Crippen LogP contribution in [0.5, 0.6) is 0 Å². The Labute approximate surface area is 258 Å². The third-order valence-electron chi connectivity index (χ3n) is 7.04. The molecule has 1 unspecified atom stereocenters. The quantitative estimate of drug-likeness (QED) is 0.110. The van der Waals surface area contributed by atoms with Crippen LogP contribution in [0.1, 0.15) is 63.0 Å². The number of benzene rings is 2. The number of carbonyl (C=O) groups is 4. The molecule has 4 amide bonds. The summed E-state index contributed by atoms with van der Waals surface area (Å²) in [6.45, 7) is 1.08. The van der Waals surface area contributed by atoms with Crippen LogP contribution in [0, 0.1) is 0 Å². The highest BCUT2D eigenvalue weighted by Gasteiger charge is 2.25. The van der Waals surface area contributed by atoms with Gasteiger partial charge in [-0.2, -0.15) is 0 Å². The van der Waals surface area contributed by atoms with Gasteiger partial charge in [-0.05, 0) is 60.9 Å². The largest absolute Gasteiger partial charge is 0.481 e. The number of anilines is 1. The lowest BCUT2D eigenvalue weighted by atomic mass is 9.98. The molecule has 1 heterocycles. The van der Waals surface area contributed by atoms with E-state index in [1.165, 1.54) is 0 Å². The zero-order chi connectivity index (χ0) is 31.6. The van der Waals surface area contributed by atoms with Crippen LogP contribution in [0.25, 0.3) is 11.1 Å². The monoisotopic (exact) mass is 602 g/mol. The minimum absolute atomic E-state index is 0.250. The lowest BCUT2D eigenvalue weighted by Crippen LogP contribution is -2.48. The van der Waals surface area contributed by atoms with Gasteiger partial charge >= 0.3 is 12.0 Å². The first-order valence-corrected chi connectivity index (χ1v) is 15.0. The van der Waals surface area contributed by atoms with Crippen molar-refractivity contribution in [2.24, 2.45) is 5.73 Å². The molecule has 44 heavy (non-hydrogen) atoms. The first kappa shape index (κ1) is 33.6. The smallest absolute Gasteiger partial charge is 0.312 e. The fourth-order valence-electron chi connectivity index (χ4n) is 4.73. The molecule has 0 aliphatic rings. The van der Waals surface area contributed by atoms with Gasteiger partial charge in [0.25, 0.3) is 0 Å². The van der Waals surface area contributed by atoms with Gasteiger partial charge in [0.15, 0.2) is 0 Å². The van der Waals surface area contributed by atoms with Crippen molar-refractivity contribution in [2.45, 2.75) is 63.5 Å². The van der Waals surface area contributed by atoms with E-state index in [-0.39, 0.29) is 18.7 Å². The number of unbranched alkanes of at least 4 members (excludes halogenated alkanes) is 3. The molecule has 3 aromatic rings. The second-order valence-electron chi connectivity index (χ2n) is 10.5. The number of nitrogens with one attached hydrogen (secondary N) is 4. The van der Waals surface area contributed by atoms with Crippen molar-refractivity contribution >= 4 is 29.6 Å². The van der Waals surface area contributed by atoms with Gasteiger partial charge in [-0.3, -0.25) is 14.4 Å². The predicted octanol–water partition coefficient (Wildman–Crippen LogP) is 4.38. The van der Waals surface area contributed by atoms with Crippen molar-refractivity contribution in [3.05, 3.63) is 84.6 Å². The Kier molecular flexibility index (Phi) is 14.2. The summed E-state index contributed by atoms with van der Waals surface area (Å²) in [6.07, 6.45) is 5.42. The molecule has 1 aromatic heterocycles. The summed E-state index contributed by atoms with van der Waals surface area (Å²) in [5, 5.41) is 21.0. The zero-order valence-electron chi connectivity index (χ0n) is 24.8. The summed E-state index contributed by atoms with van der Waals surface area (Å²) >= 11 is 0. The van der Waals surface area contributed by atoms with Crippen molar-refractivity contribution in [3.8, 4) is 11.1 Å². The van der Waals surface area contributed by atoms with Crippen LogP contribution in [0.2, 0.25) is 0 Å². The Morgan fingerprint density at radius 1 is 0.773 bits per heavy atom. The van der Waals surface area contributed by atoms with Gasteiger partial charge in [-0.15, -0.1) is 0 Å². The Balaban J connectivity index is 1.57. The predicted molar refractivity (Wildman–Crippen MR) is 170 cm³/mol. The van der Waals surface area contributed by atoms with Crippen LogP contribution in [-0.4, -0.2) is 53.0 Å². The number of rotatable bonds is 19. The average molecular weight is 603 g/mol. The van der Waals surface area contributed by atoms with E-state index in [9.17, 15) is 24.3 Å². The number of hydrogen-bond acceptors (Lipinski definition) is 6. The first-order chi connectivity index (χ1) is 21.3. The van der Waals surface area contributed by atoms with E-state index in [2.05, 4.69) is 26.3 Å². The van der Waals surface area contributed by atoms with Gasteiger partial charge in [-0.1, -0.05) is 67.1 Å². The fourth-order valence-corrected chi connectivity index (χ4v) is 4.73. The van der Waals surface area contributed by atoms with Crippen molar-refractivity contribution in [1.82, 2.24) is 20.9 Å². The Bertz CT molecular complexity index is 1320. The van der Waals surface area contributed by atoms with Crippen molar-refractivity contribution in [3.63, 3.8) is 0 Å². The number of primary amides is 1. The maximum Gasteiger partial charge on any atom is 0.312 e. The lowest BCUT2D eigenvalue weighted by molar-refractivity contribution is -0.138. The molecular formula is C33H42N6O5. The third kappa shape index (κ3) is 12.5. The first-order valence-electron chi connectivity index (χ1n) is 15.0. The Hall–Kier alpha value is -4.93. The number of aromatic nitrogens is 1. The minimum Gasteiger partial charge on any atom is -0.481 e. The highest BCUT2D eigenvalue weighted by Crippen LogP contribution is 2.24. The molecule has 3 rings (SSSR count). The van der Waals surface area contributed by atoms with E-state index in [0.29, 0.717) is 37.8 Å². The summed E-state index contributed by atoms with van der Waals surface area (Å²) in [7, 11) is 0. The van der Waals surface area contributed by atoms with Gasteiger partial charge in [0.2, 0.25) is 11.8 Å². The fraction of sp³-hybridized carbons (Fsp3) is 0.364. The molecule has 234 valence electrons. The molecule has 0 radical (unpaired) electrons. The number of urea groups is 1. The minimum atomic E-state index is -1.06. The summed E-state index contributed by atoms with van der Waals surface area (Å²) in [4.78, 5) is 53.1. The van der Waals surface area contributed by atoms with Gasteiger partial charge < -0.3 is 32.1 Å². The number of aliphatic carboxylic acids is 1. The molecule has 0 fully saturated rings. The summed E-state index contributed by atoms with van der Waals surface area (Å²) in [5.74, 6) is -0.962. The van der Waals surface area contributed by atoms with Crippen LogP contribution in [-0.2, 0) is 14.4 Å². The molecule has 11 heteroatoms. The topological polar surface area (TPSA) is 176 Å². The second kappa shape index (κ2) is 18.6. The Morgan fingerprint density at radius 2 is 1.48 bits per heavy atom. The number of amides is 4. The van der Waals surface area contributed by atoms with Crippen molar-refractivity contribution < 1.29 is 24.3 Å². The molecule has 0 aliphatic carbocycles. The summed E-state index contributed by atoms with van der Waals surface area (Å²) in [5.41, 5.74) is 7.76. The molecular weight excluding hydrogens is 560 g/mol. The molecule has 0 saturated carbocycles. The number of carboxylic acids is 1. The van der Waals surface area contributed by atoms with E-state index < -0.39 is 30.0 Å². The molecule has 2 atom stereocenters. The molecule has 0 aliphatic heterocycles. The maximum atomic E-state index is 13.4. The van der Waals surface area contributed by atoms with Gasteiger partial charge in [0.1, 0.15) is 11.9 Å². The summed E-state index contributed by atoms with van der Waals surface area (Å²) < 4.78 is 0. The molecule has 2 aromatic carbocycles. The number of carboxylic acid groups (broad SMARTS) is 1. The molecule has 11 nitrogen and oxygen atoms in total. The van der Waals surface area contributed by atoms with E-state index in [1.807, 2.05) is 72.8 Å². The Morgan fingerprint density at radius 3 is 2.16 bits per heavy atom. The lowest BCUT2D eigenvalue weighted by Gasteiger charge is -2.23. The van der Waals surface area contributed by atoms with Crippen molar-refractivity contribution in [2.75, 3.05) is 18.4 Å². The molecule has 7 N–H and O–H groups in total. The van der Waals surface area contributed by atoms with Gasteiger partial charge in [-0.25, -0.2) is 9.78 Å². The maximum absolute atomic E-state index is 13.4. The van der Waals surface area contributed by atoms with Gasteiger partial charge in [0, 0.05) is 25.7 Å². The molecule has 0 spiro atoms. The van der Waals surface area contributed by atoms with Crippen LogP contribution in [0.3, 0.4) is 0 Å². The molecule has 0 bridgehead atoms. The van der Waals surface area contributed by atoms with E-state index in [0.717, 1.165) is 36.3 Å². The van der Waals surface area contributed by atoms with Gasteiger partial charge in [0.05, 0.1) is 12.5 Å². The van der Waals surface area contributed by atoms with Crippen LogP contribution in [0.15, 0.2) is 79.0 Å². The highest BCUT2D eigenvalue weighted by molar-refractivity contribution is 5.88. The van der Waals surface area contributed by atoms with Crippen LogP contribution >= 0.6 is 0 Å². The van der Waals surface area contributed by atoms with Crippen LogP contribution in [0.4, 0.5) is 10.6 Å². The van der Waals surface area contributed by atoms with E-state index >= 15 is 0 Å². The second-order valence-corrected chi connectivity index (χ2v) is 10.5. The third-order valence-corrected chi connectivity index (χ3v) is 7.04. The number of pyridine rings is 1. The van der Waals surface area contributed by atoms with Crippen molar-refractivity contribution in [1.29, 1.82) is 0 Å². The average Bonchev–Trinajstić information content (AvgIpc) is 3.02. The van der Waals surface area contributed by atoms with E-state index in [1.54, 1.807) is 6.20 Å². The standard InChI is InChI=1S/C33H42N6O5/c34-33(44)37-22-9-6-13-27(38-30(40)15-5-2-8-20-35-29-14-7-10-21-36-29)32(43)39-28(23-31(41)42)26-18-16-25(17-19-26)24-11-3-1-4-12-24/h1,3-4,7,10-12,14,16-19,21,27-28H,2,5-6,8-9,13,15,20,22-23H2,(H,35,36)(H,38,40)(H,39,43)(H,41,42)(H3,34,37,44)/t27-,28?/m0/s1. The van der Waals surface area contributed by atoms with E-state index in [4.69, 9.17) is 5.73 Å². The number of nitrogens with zero attached hydrogens (tertiary/aromatic N) is 1. The number of hydrogen-bond donors (Lipinski definition) is 6.